The van der Waals surface area contributed by atoms with E-state index in [1.165, 1.54) is 18.4 Å². The molecule has 0 amide bonds. The lowest BCUT2D eigenvalue weighted by Crippen LogP contribution is -2.23. The average Bonchev–Trinajstić information content (AvgIpc) is 2.94. The summed E-state index contributed by atoms with van der Waals surface area (Å²) >= 11 is 0. The van der Waals surface area contributed by atoms with Gasteiger partial charge in [0.2, 0.25) is 0 Å². The topological polar surface area (TPSA) is 38.3 Å². The zero-order valence-electron chi connectivity index (χ0n) is 10.0. The van der Waals surface area contributed by atoms with Crippen LogP contribution in [0.5, 0.6) is 0 Å². The number of nitrogens with one attached hydrogen (secondary N) is 1. The molecule has 0 spiro atoms. The maximum absolute atomic E-state index is 5.56. The maximum Gasteiger partial charge on any atom is 0.117 e. The molecule has 3 nitrogen and oxygen atoms in total. The van der Waals surface area contributed by atoms with Crippen molar-refractivity contribution in [1.82, 2.24) is 5.32 Å². The molecule has 2 aromatic rings. The molecule has 90 valence electrons. The number of aryl methyl sites for hydroxylation is 2. The predicted octanol–water partition coefficient (Wildman–Crippen LogP) is 3.35. The molecule has 0 radical (unpaired) electrons. The van der Waals surface area contributed by atoms with E-state index >= 15 is 0 Å². The molecule has 0 aliphatic heterocycles. The van der Waals surface area contributed by atoms with Gasteiger partial charge in [-0.1, -0.05) is 0 Å². The van der Waals surface area contributed by atoms with Gasteiger partial charge in [0.25, 0.3) is 0 Å². The minimum Gasteiger partial charge on any atom is -0.469 e. The van der Waals surface area contributed by atoms with Crippen molar-refractivity contribution in [3.63, 3.8) is 0 Å². The summed E-state index contributed by atoms with van der Waals surface area (Å²) in [6.07, 6.45) is 5.23. The third kappa shape index (κ3) is 2.15. The van der Waals surface area contributed by atoms with E-state index in [4.69, 9.17) is 8.83 Å². The van der Waals surface area contributed by atoms with Gasteiger partial charge in [0.05, 0.1) is 12.8 Å². The summed E-state index contributed by atoms with van der Waals surface area (Å²) in [6.45, 7) is 2.75. The first-order valence-electron chi connectivity index (χ1n) is 6.18. The largest absolute Gasteiger partial charge is 0.469 e. The molecule has 0 bridgehead atoms. The van der Waals surface area contributed by atoms with Crippen LogP contribution in [0.4, 0.5) is 0 Å². The fourth-order valence-electron chi connectivity index (χ4n) is 2.50. The number of rotatable bonds is 3. The lowest BCUT2D eigenvalue weighted by molar-refractivity contribution is 0.387. The zero-order valence-corrected chi connectivity index (χ0v) is 10.0. The van der Waals surface area contributed by atoms with Crippen LogP contribution >= 0.6 is 0 Å². The first kappa shape index (κ1) is 10.7. The van der Waals surface area contributed by atoms with Gasteiger partial charge in [0.1, 0.15) is 17.3 Å². The van der Waals surface area contributed by atoms with Crippen LogP contribution in [-0.4, -0.2) is 0 Å². The Morgan fingerprint density at radius 3 is 3.12 bits per heavy atom. The normalized spacial score (nSPS) is 19.2. The minimum absolute atomic E-state index is 0.405. The fraction of sp³-hybridized carbons (Fsp3) is 0.429. The first-order valence-corrected chi connectivity index (χ1v) is 6.18. The second-order valence-corrected chi connectivity index (χ2v) is 4.64. The standard InChI is InChI=1S/C14H17NO2/c1-10-5-6-11(17-10)9-15-13-3-2-4-14-12(13)7-8-16-14/h5-8,13,15H,2-4,9H2,1H3. The van der Waals surface area contributed by atoms with Crippen LogP contribution < -0.4 is 5.32 Å². The van der Waals surface area contributed by atoms with Crippen LogP contribution in [0.25, 0.3) is 0 Å². The van der Waals surface area contributed by atoms with Crippen LogP contribution in [0.2, 0.25) is 0 Å². The van der Waals surface area contributed by atoms with Gasteiger partial charge in [-0.2, -0.15) is 0 Å². The Kier molecular flexibility index (Phi) is 2.77. The first-order chi connectivity index (χ1) is 8.33. The summed E-state index contributed by atoms with van der Waals surface area (Å²) in [5.41, 5.74) is 1.32. The van der Waals surface area contributed by atoms with Crippen molar-refractivity contribution in [3.8, 4) is 0 Å². The van der Waals surface area contributed by atoms with Crippen LogP contribution in [-0.2, 0) is 13.0 Å². The smallest absolute Gasteiger partial charge is 0.117 e. The second-order valence-electron chi connectivity index (χ2n) is 4.64. The number of fused-ring (bicyclic) bond motifs is 1. The predicted molar refractivity (Wildman–Crippen MR) is 64.7 cm³/mol. The van der Waals surface area contributed by atoms with E-state index < -0.39 is 0 Å². The highest BCUT2D eigenvalue weighted by Crippen LogP contribution is 2.30. The summed E-state index contributed by atoms with van der Waals surface area (Å²) in [6, 6.07) is 6.52. The van der Waals surface area contributed by atoms with E-state index in [1.807, 2.05) is 19.1 Å². The van der Waals surface area contributed by atoms with Crippen LogP contribution in [0.3, 0.4) is 0 Å². The van der Waals surface area contributed by atoms with Gasteiger partial charge >= 0.3 is 0 Å². The number of hydrogen-bond acceptors (Lipinski definition) is 3. The van der Waals surface area contributed by atoms with Crippen LogP contribution in [0.15, 0.2) is 33.3 Å². The van der Waals surface area contributed by atoms with Gasteiger partial charge in [0.15, 0.2) is 0 Å². The van der Waals surface area contributed by atoms with E-state index in [2.05, 4.69) is 11.4 Å². The molecule has 0 saturated heterocycles. The van der Waals surface area contributed by atoms with Gasteiger partial charge in [-0.15, -0.1) is 0 Å². The van der Waals surface area contributed by atoms with Gasteiger partial charge in [0, 0.05) is 18.0 Å². The van der Waals surface area contributed by atoms with E-state index in [-0.39, 0.29) is 0 Å². The zero-order chi connectivity index (χ0) is 11.7. The average molecular weight is 231 g/mol. The van der Waals surface area contributed by atoms with Crippen molar-refractivity contribution in [1.29, 1.82) is 0 Å². The van der Waals surface area contributed by atoms with Gasteiger partial charge in [-0.05, 0) is 38.0 Å². The molecular formula is C14H17NO2. The molecule has 0 saturated carbocycles. The third-order valence-electron chi connectivity index (χ3n) is 3.37. The molecule has 2 heterocycles. The summed E-state index contributed by atoms with van der Waals surface area (Å²) in [5.74, 6) is 3.11. The minimum atomic E-state index is 0.405. The molecule has 17 heavy (non-hydrogen) atoms. The monoisotopic (exact) mass is 231 g/mol. The van der Waals surface area contributed by atoms with Crippen molar-refractivity contribution in [3.05, 3.63) is 47.3 Å². The van der Waals surface area contributed by atoms with E-state index in [9.17, 15) is 0 Å². The number of hydrogen-bond donors (Lipinski definition) is 1. The molecule has 1 aliphatic rings. The molecule has 1 atom stereocenters. The Labute approximate surface area is 101 Å². The molecule has 1 N–H and O–H groups in total. The molecule has 3 rings (SSSR count). The second kappa shape index (κ2) is 4.41. The van der Waals surface area contributed by atoms with Crippen molar-refractivity contribution >= 4 is 0 Å². The molecule has 0 aromatic carbocycles. The lowest BCUT2D eigenvalue weighted by atomic mass is 9.93. The molecular weight excluding hydrogens is 214 g/mol. The SMILES string of the molecule is Cc1ccc(CNC2CCCc3occc32)o1. The Hall–Kier alpha value is -1.48. The van der Waals surface area contributed by atoms with E-state index in [0.29, 0.717) is 6.04 Å². The summed E-state index contributed by atoms with van der Waals surface area (Å²) in [4.78, 5) is 0. The lowest BCUT2D eigenvalue weighted by Gasteiger charge is -2.22. The third-order valence-corrected chi connectivity index (χ3v) is 3.37. The fourth-order valence-corrected chi connectivity index (χ4v) is 2.50. The van der Waals surface area contributed by atoms with E-state index in [0.717, 1.165) is 30.2 Å². The number of furan rings is 2. The van der Waals surface area contributed by atoms with Gasteiger partial charge in [-0.3, -0.25) is 0 Å². The summed E-state index contributed by atoms with van der Waals surface area (Å²) in [7, 11) is 0. The molecule has 1 unspecified atom stereocenters. The van der Waals surface area contributed by atoms with Gasteiger partial charge < -0.3 is 14.2 Å². The Bertz CT molecular complexity index is 498. The molecule has 3 heteroatoms. The van der Waals surface area contributed by atoms with Crippen LogP contribution in [0.1, 0.15) is 41.7 Å². The van der Waals surface area contributed by atoms with Crippen molar-refractivity contribution in [2.75, 3.05) is 0 Å². The highest BCUT2D eigenvalue weighted by molar-refractivity contribution is 5.24. The van der Waals surface area contributed by atoms with Gasteiger partial charge in [-0.25, -0.2) is 0 Å². The Morgan fingerprint density at radius 1 is 1.35 bits per heavy atom. The van der Waals surface area contributed by atoms with E-state index in [1.54, 1.807) is 6.26 Å². The van der Waals surface area contributed by atoms with Crippen molar-refractivity contribution < 1.29 is 8.83 Å². The summed E-state index contributed by atoms with van der Waals surface area (Å²) < 4.78 is 11.0. The van der Waals surface area contributed by atoms with Crippen molar-refractivity contribution in [2.45, 2.75) is 38.8 Å². The Morgan fingerprint density at radius 2 is 2.29 bits per heavy atom. The highest BCUT2D eigenvalue weighted by atomic mass is 16.3. The Balaban J connectivity index is 1.67. The quantitative estimate of drug-likeness (QED) is 0.880. The maximum atomic E-state index is 5.56. The molecule has 2 aromatic heterocycles. The van der Waals surface area contributed by atoms with Crippen molar-refractivity contribution in [2.24, 2.45) is 0 Å². The summed E-state index contributed by atoms with van der Waals surface area (Å²) in [5, 5.41) is 3.54. The molecule has 0 fully saturated rings. The highest BCUT2D eigenvalue weighted by Gasteiger charge is 2.22. The molecule has 1 aliphatic carbocycles. The van der Waals surface area contributed by atoms with Crippen LogP contribution in [0, 0.1) is 6.92 Å².